The summed E-state index contributed by atoms with van der Waals surface area (Å²) in [5.41, 5.74) is 0.679. The van der Waals surface area contributed by atoms with Crippen LogP contribution in [0.25, 0.3) is 0 Å². The zero-order valence-electron chi connectivity index (χ0n) is 10.9. The molecule has 0 radical (unpaired) electrons. The lowest BCUT2D eigenvalue weighted by atomic mass is 9.79. The van der Waals surface area contributed by atoms with Gasteiger partial charge in [0.25, 0.3) is 0 Å². The van der Waals surface area contributed by atoms with Crippen LogP contribution in [0.4, 0.5) is 4.39 Å². The molecule has 6 heteroatoms. The first-order valence-electron chi connectivity index (χ1n) is 6.02. The molecule has 0 saturated carbocycles. The van der Waals surface area contributed by atoms with Crippen LogP contribution in [-0.4, -0.2) is 24.3 Å². The molecule has 0 spiro atoms. The summed E-state index contributed by atoms with van der Waals surface area (Å²) in [7, 11) is -0.515. The minimum Gasteiger partial charge on any atom is -0.493 e. The first-order valence-corrected chi connectivity index (χ1v) is 6.02. The third kappa shape index (κ3) is 3.29. The largest absolute Gasteiger partial charge is 0.493 e. The molecule has 0 saturated heterocycles. The van der Waals surface area contributed by atoms with Crippen LogP contribution in [0.3, 0.4) is 0 Å². The van der Waals surface area contributed by atoms with Crippen LogP contribution in [0.15, 0.2) is 42.5 Å². The van der Waals surface area contributed by atoms with Crippen LogP contribution in [0, 0.1) is 5.82 Å². The summed E-state index contributed by atoms with van der Waals surface area (Å²) in [4.78, 5) is 0. The summed E-state index contributed by atoms with van der Waals surface area (Å²) in [5, 5.41) is 18.2. The van der Waals surface area contributed by atoms with E-state index in [1.807, 2.05) is 30.3 Å². The van der Waals surface area contributed by atoms with E-state index in [0.717, 1.165) is 11.6 Å². The molecule has 0 aliphatic heterocycles. The highest BCUT2D eigenvalue weighted by Gasteiger charge is 2.20. The summed E-state index contributed by atoms with van der Waals surface area (Å²) >= 11 is 0. The van der Waals surface area contributed by atoms with E-state index in [4.69, 9.17) is 19.5 Å². The standard InChI is InChI=1S/C14H14BFO4/c1-19-13-8-12(16)11(15(17)18)7-14(13)20-9-10-5-3-2-4-6-10/h2-8,17-18H,9H2,1H3. The summed E-state index contributed by atoms with van der Waals surface area (Å²) in [6.07, 6.45) is 0. The summed E-state index contributed by atoms with van der Waals surface area (Å²) in [6.45, 7) is 0.268. The van der Waals surface area contributed by atoms with E-state index >= 15 is 0 Å². The van der Waals surface area contributed by atoms with E-state index in [2.05, 4.69) is 0 Å². The molecule has 2 rings (SSSR count). The van der Waals surface area contributed by atoms with Gasteiger partial charge in [-0.25, -0.2) is 4.39 Å². The van der Waals surface area contributed by atoms with E-state index in [-0.39, 0.29) is 23.6 Å². The van der Waals surface area contributed by atoms with Crippen molar-refractivity contribution in [3.63, 3.8) is 0 Å². The predicted molar refractivity (Wildman–Crippen MR) is 73.6 cm³/mol. The Morgan fingerprint density at radius 2 is 1.80 bits per heavy atom. The van der Waals surface area contributed by atoms with Gasteiger partial charge in [-0.2, -0.15) is 0 Å². The molecular weight excluding hydrogens is 262 g/mol. The Balaban J connectivity index is 2.23. The number of hydrogen-bond donors (Lipinski definition) is 2. The van der Waals surface area contributed by atoms with Crippen LogP contribution < -0.4 is 14.9 Å². The highest BCUT2D eigenvalue weighted by molar-refractivity contribution is 6.58. The second-order valence-corrected chi connectivity index (χ2v) is 4.17. The second-order valence-electron chi connectivity index (χ2n) is 4.17. The molecule has 2 aromatic rings. The zero-order valence-corrected chi connectivity index (χ0v) is 10.9. The van der Waals surface area contributed by atoms with Crippen molar-refractivity contribution in [2.24, 2.45) is 0 Å². The fourth-order valence-electron chi connectivity index (χ4n) is 1.76. The Morgan fingerprint density at radius 1 is 1.10 bits per heavy atom. The predicted octanol–water partition coefficient (Wildman–Crippen LogP) is 1.09. The quantitative estimate of drug-likeness (QED) is 0.803. The Hall–Kier alpha value is -2.05. The van der Waals surface area contributed by atoms with E-state index < -0.39 is 12.9 Å². The van der Waals surface area contributed by atoms with Crippen LogP contribution in [0.2, 0.25) is 0 Å². The molecule has 0 unspecified atom stereocenters. The Labute approximate surface area is 116 Å². The molecule has 0 aromatic heterocycles. The Morgan fingerprint density at radius 3 is 2.40 bits per heavy atom. The molecule has 0 heterocycles. The first-order chi connectivity index (χ1) is 9.61. The topological polar surface area (TPSA) is 58.9 Å². The van der Waals surface area contributed by atoms with Gasteiger partial charge < -0.3 is 19.5 Å². The van der Waals surface area contributed by atoms with Crippen molar-refractivity contribution in [3.05, 3.63) is 53.8 Å². The van der Waals surface area contributed by atoms with Crippen LogP contribution in [0.1, 0.15) is 5.56 Å². The van der Waals surface area contributed by atoms with E-state index in [9.17, 15) is 4.39 Å². The van der Waals surface area contributed by atoms with Crippen molar-refractivity contribution in [3.8, 4) is 11.5 Å². The Bertz CT molecular complexity index is 575. The third-order valence-electron chi connectivity index (χ3n) is 2.80. The Kier molecular flexibility index (Phi) is 4.60. The number of rotatable bonds is 5. The maximum absolute atomic E-state index is 13.6. The minimum absolute atomic E-state index is 0.197. The molecule has 0 amide bonds. The molecule has 0 bridgehead atoms. The third-order valence-corrected chi connectivity index (χ3v) is 2.80. The lowest BCUT2D eigenvalue weighted by Gasteiger charge is -2.13. The van der Waals surface area contributed by atoms with Crippen molar-refractivity contribution >= 4 is 12.6 Å². The van der Waals surface area contributed by atoms with Crippen LogP contribution in [0.5, 0.6) is 11.5 Å². The maximum Gasteiger partial charge on any atom is 0.491 e. The highest BCUT2D eigenvalue weighted by atomic mass is 19.1. The summed E-state index contributed by atoms with van der Waals surface area (Å²) < 4.78 is 24.1. The van der Waals surface area contributed by atoms with Crippen molar-refractivity contribution in [2.45, 2.75) is 6.61 Å². The molecular formula is C14H14BFO4. The van der Waals surface area contributed by atoms with Gasteiger partial charge >= 0.3 is 7.12 Å². The van der Waals surface area contributed by atoms with Gasteiger partial charge in [-0.05, 0) is 11.6 Å². The smallest absolute Gasteiger partial charge is 0.491 e. The molecule has 2 N–H and O–H groups in total. The van der Waals surface area contributed by atoms with E-state index in [1.54, 1.807) is 0 Å². The van der Waals surface area contributed by atoms with Crippen LogP contribution in [-0.2, 0) is 6.61 Å². The van der Waals surface area contributed by atoms with Crippen molar-refractivity contribution in [2.75, 3.05) is 7.11 Å². The normalized spacial score (nSPS) is 10.2. The van der Waals surface area contributed by atoms with Gasteiger partial charge in [-0.3, -0.25) is 0 Å². The number of halogens is 1. The van der Waals surface area contributed by atoms with Crippen LogP contribution >= 0.6 is 0 Å². The lowest BCUT2D eigenvalue weighted by molar-refractivity contribution is 0.283. The lowest BCUT2D eigenvalue weighted by Crippen LogP contribution is -2.32. The highest BCUT2D eigenvalue weighted by Crippen LogP contribution is 2.27. The van der Waals surface area contributed by atoms with Gasteiger partial charge in [-0.1, -0.05) is 30.3 Å². The first kappa shape index (κ1) is 14.4. The van der Waals surface area contributed by atoms with Gasteiger partial charge in [0.2, 0.25) is 0 Å². The van der Waals surface area contributed by atoms with Crippen molar-refractivity contribution in [1.29, 1.82) is 0 Å². The fraction of sp³-hybridized carbons (Fsp3) is 0.143. The zero-order chi connectivity index (χ0) is 14.5. The summed E-state index contributed by atoms with van der Waals surface area (Å²) in [5.74, 6) is -0.312. The molecule has 0 aliphatic carbocycles. The van der Waals surface area contributed by atoms with Gasteiger partial charge in [0.15, 0.2) is 11.5 Å². The average molecular weight is 276 g/mol. The SMILES string of the molecule is COc1cc(F)c(B(O)O)cc1OCc1ccccc1. The van der Waals surface area contributed by atoms with Gasteiger partial charge in [0.05, 0.1) is 7.11 Å². The minimum atomic E-state index is -1.90. The molecule has 0 fully saturated rings. The average Bonchev–Trinajstić information content (AvgIpc) is 2.46. The molecule has 4 nitrogen and oxygen atoms in total. The number of methoxy groups -OCH3 is 1. The molecule has 0 atom stereocenters. The molecule has 2 aromatic carbocycles. The maximum atomic E-state index is 13.6. The monoisotopic (exact) mass is 276 g/mol. The van der Waals surface area contributed by atoms with Gasteiger partial charge in [0, 0.05) is 11.5 Å². The van der Waals surface area contributed by atoms with Gasteiger partial charge in [-0.15, -0.1) is 0 Å². The van der Waals surface area contributed by atoms with E-state index in [0.29, 0.717) is 0 Å². The number of benzene rings is 2. The van der Waals surface area contributed by atoms with Crippen molar-refractivity contribution < 1.29 is 23.9 Å². The number of hydrogen-bond acceptors (Lipinski definition) is 4. The molecule has 0 aliphatic rings. The summed E-state index contributed by atoms with van der Waals surface area (Å²) in [6, 6.07) is 11.7. The number of ether oxygens (including phenoxy) is 2. The fourth-order valence-corrected chi connectivity index (χ4v) is 1.76. The van der Waals surface area contributed by atoms with Crippen molar-refractivity contribution in [1.82, 2.24) is 0 Å². The molecule has 20 heavy (non-hydrogen) atoms. The van der Waals surface area contributed by atoms with E-state index in [1.165, 1.54) is 13.2 Å². The molecule has 104 valence electrons. The second kappa shape index (κ2) is 6.41. The van der Waals surface area contributed by atoms with Gasteiger partial charge in [0.1, 0.15) is 12.4 Å².